The van der Waals surface area contributed by atoms with E-state index in [1.807, 2.05) is 0 Å². The number of carbonyl (C=O) groups is 2. The molecule has 0 heterocycles. The van der Waals surface area contributed by atoms with Crippen molar-refractivity contribution < 1.29 is 41.3 Å². The number of hydrogen-bond acceptors (Lipinski definition) is 3. The van der Waals surface area contributed by atoms with Crippen LogP contribution in [0.2, 0.25) is 0 Å². The Labute approximate surface area is 89.3 Å². The normalized spacial score (nSPS) is 8.69. The van der Waals surface area contributed by atoms with Gasteiger partial charge in [0.25, 0.3) is 0 Å². The second-order valence-electron chi connectivity index (χ2n) is 1.45. The minimum Gasteiger partial charge on any atom is -0.481 e. The number of carboxylic acid groups (broad SMARTS) is 2. The van der Waals surface area contributed by atoms with Crippen molar-refractivity contribution in [2.24, 2.45) is 0 Å². The van der Waals surface area contributed by atoms with Crippen molar-refractivity contribution in [1.82, 2.24) is 0 Å². The molecule has 0 aliphatic carbocycles. The van der Waals surface area contributed by atoms with Gasteiger partial charge in [0.15, 0.2) is 6.10 Å². The van der Waals surface area contributed by atoms with Crippen LogP contribution in [0, 0.1) is 0 Å². The van der Waals surface area contributed by atoms with Gasteiger partial charge in [-0.05, 0) is 0 Å². The van der Waals surface area contributed by atoms with Crippen LogP contribution in [0.25, 0.3) is 0 Å². The second kappa shape index (κ2) is 14.1. The average Bonchev–Trinajstić information content (AvgIpc) is 1.63. The summed E-state index contributed by atoms with van der Waals surface area (Å²) in [5, 5.41) is 24.1. The van der Waals surface area contributed by atoms with Crippen LogP contribution in [0.1, 0.15) is 6.42 Å². The smallest absolute Gasteiger partial charge is 0.333 e. The fraction of sp³-hybridized carbons (Fsp3) is 0.500. The van der Waals surface area contributed by atoms with Crippen LogP contribution in [0.4, 0.5) is 0 Å². The molecule has 0 radical (unpaired) electrons. The number of aliphatic carboxylic acids is 2. The standard InChI is InChI=1S/C4H6O5.Mg.3H2O.2H/c5-2(4(8)9)1-3(6)7;;;;;;/h2,5H,1H2,(H,6,7)(H,8,9);;3*1H2;;. The van der Waals surface area contributed by atoms with E-state index in [9.17, 15) is 9.59 Å². The Hall–Kier alpha value is -0.454. The predicted molar refractivity (Wildman–Crippen MR) is 45.3 cm³/mol. The van der Waals surface area contributed by atoms with Crippen LogP contribution >= 0.6 is 0 Å². The molecule has 0 aromatic carbocycles. The van der Waals surface area contributed by atoms with E-state index >= 15 is 0 Å². The summed E-state index contributed by atoms with van der Waals surface area (Å²) in [6.45, 7) is 0. The van der Waals surface area contributed by atoms with Gasteiger partial charge in [-0.25, -0.2) is 4.79 Å². The van der Waals surface area contributed by atoms with Gasteiger partial charge in [0.1, 0.15) is 0 Å². The molecular weight excluding hydrogens is 200 g/mol. The van der Waals surface area contributed by atoms with Gasteiger partial charge in [-0.15, -0.1) is 0 Å². The zero-order chi connectivity index (χ0) is 7.44. The minimum atomic E-state index is -1.79. The monoisotopic (exact) mass is 214 g/mol. The fourth-order valence-corrected chi connectivity index (χ4v) is 0.253. The molecule has 1 atom stereocenters. The molecule has 0 aromatic rings. The van der Waals surface area contributed by atoms with Gasteiger partial charge in [0, 0.05) is 0 Å². The van der Waals surface area contributed by atoms with Crippen molar-refractivity contribution in [2.45, 2.75) is 12.5 Å². The summed E-state index contributed by atoms with van der Waals surface area (Å²) in [5.74, 6) is -2.85. The first-order valence-corrected chi connectivity index (χ1v) is 2.16. The fourth-order valence-electron chi connectivity index (χ4n) is 0.253. The summed E-state index contributed by atoms with van der Waals surface area (Å²) in [6, 6.07) is 0. The number of carboxylic acids is 2. The molecule has 0 aromatic heterocycles. The number of hydrogen-bond donors (Lipinski definition) is 3. The summed E-state index contributed by atoms with van der Waals surface area (Å²) in [7, 11) is 0. The highest BCUT2D eigenvalue weighted by Gasteiger charge is 2.16. The van der Waals surface area contributed by atoms with Crippen LogP contribution in [0.15, 0.2) is 0 Å². The molecule has 9 N–H and O–H groups in total. The minimum absolute atomic E-state index is 0. The van der Waals surface area contributed by atoms with E-state index in [4.69, 9.17) is 15.3 Å². The van der Waals surface area contributed by atoms with Crippen molar-refractivity contribution in [3.8, 4) is 0 Å². The molecule has 0 bridgehead atoms. The largest absolute Gasteiger partial charge is 0.481 e. The summed E-state index contributed by atoms with van der Waals surface area (Å²) in [6.07, 6.45) is -2.54. The van der Waals surface area contributed by atoms with E-state index in [2.05, 4.69) is 0 Å². The molecule has 0 saturated heterocycles. The van der Waals surface area contributed by atoms with Crippen LogP contribution in [-0.4, -0.2) is 72.8 Å². The average molecular weight is 214 g/mol. The number of aliphatic hydroxyl groups excluding tert-OH is 1. The van der Waals surface area contributed by atoms with E-state index in [-0.39, 0.29) is 39.5 Å². The molecular formula is C4H14MgO8. The summed E-state index contributed by atoms with van der Waals surface area (Å²) in [5.41, 5.74) is 0. The molecule has 80 valence electrons. The molecule has 0 amide bonds. The lowest BCUT2D eigenvalue weighted by atomic mass is 10.3. The molecule has 0 rings (SSSR count). The molecule has 0 saturated carbocycles. The Morgan fingerprint density at radius 2 is 1.38 bits per heavy atom. The van der Waals surface area contributed by atoms with Crippen LogP contribution < -0.4 is 0 Å². The summed E-state index contributed by atoms with van der Waals surface area (Å²) < 4.78 is 0. The molecule has 13 heavy (non-hydrogen) atoms. The molecule has 8 nitrogen and oxygen atoms in total. The Bertz CT molecular complexity index is 136. The highest BCUT2D eigenvalue weighted by Crippen LogP contribution is 1.89. The Morgan fingerprint density at radius 3 is 1.46 bits per heavy atom. The lowest BCUT2D eigenvalue weighted by Crippen LogP contribution is -2.22. The van der Waals surface area contributed by atoms with Crippen molar-refractivity contribution in [1.29, 1.82) is 0 Å². The van der Waals surface area contributed by atoms with E-state index in [1.54, 1.807) is 0 Å². The van der Waals surface area contributed by atoms with Crippen molar-refractivity contribution >= 4 is 35.0 Å². The first-order chi connectivity index (χ1) is 4.04. The lowest BCUT2D eigenvalue weighted by Gasteiger charge is -1.97. The van der Waals surface area contributed by atoms with Crippen LogP contribution in [0.3, 0.4) is 0 Å². The maximum atomic E-state index is 9.72. The summed E-state index contributed by atoms with van der Waals surface area (Å²) in [4.78, 5) is 19.4. The third-order valence-electron chi connectivity index (χ3n) is 0.653. The van der Waals surface area contributed by atoms with E-state index in [1.165, 1.54) is 0 Å². The molecule has 0 spiro atoms. The van der Waals surface area contributed by atoms with E-state index in [0.717, 1.165) is 0 Å². The van der Waals surface area contributed by atoms with Gasteiger partial charge in [0.05, 0.1) is 6.42 Å². The Balaban J connectivity index is -0.0000000533. The van der Waals surface area contributed by atoms with Crippen LogP contribution in [0.5, 0.6) is 0 Å². The third kappa shape index (κ3) is 18.5. The topological polar surface area (TPSA) is 189 Å². The van der Waals surface area contributed by atoms with E-state index in [0.29, 0.717) is 0 Å². The van der Waals surface area contributed by atoms with Gasteiger partial charge in [-0.1, -0.05) is 0 Å². The molecule has 9 heteroatoms. The van der Waals surface area contributed by atoms with Crippen molar-refractivity contribution in [2.75, 3.05) is 0 Å². The van der Waals surface area contributed by atoms with Gasteiger partial charge in [0.2, 0.25) is 0 Å². The highest BCUT2D eigenvalue weighted by molar-refractivity contribution is 5.79. The summed E-state index contributed by atoms with van der Waals surface area (Å²) >= 11 is 0. The quantitative estimate of drug-likeness (QED) is 0.398. The molecule has 0 fully saturated rings. The number of rotatable bonds is 3. The van der Waals surface area contributed by atoms with Crippen molar-refractivity contribution in [3.05, 3.63) is 0 Å². The Morgan fingerprint density at radius 1 is 1.08 bits per heavy atom. The zero-order valence-electron chi connectivity index (χ0n) is 5.94. The lowest BCUT2D eigenvalue weighted by molar-refractivity contribution is -0.152. The van der Waals surface area contributed by atoms with Gasteiger partial charge < -0.3 is 31.7 Å². The Kier molecular flexibility index (Phi) is 31.8. The highest BCUT2D eigenvalue weighted by atomic mass is 24.3. The van der Waals surface area contributed by atoms with Crippen LogP contribution in [-0.2, 0) is 9.59 Å². The van der Waals surface area contributed by atoms with Gasteiger partial charge in [-0.2, -0.15) is 0 Å². The maximum Gasteiger partial charge on any atom is 0.333 e. The second-order valence-corrected chi connectivity index (χ2v) is 1.45. The maximum absolute atomic E-state index is 9.72. The first kappa shape index (κ1) is 29.4. The number of aliphatic hydroxyl groups is 1. The van der Waals surface area contributed by atoms with Gasteiger partial charge in [-0.3, -0.25) is 4.79 Å². The zero-order valence-corrected chi connectivity index (χ0v) is 5.94. The molecule has 0 aliphatic rings. The predicted octanol–water partition coefficient (Wildman–Crippen LogP) is -4.48. The molecule has 0 aliphatic heterocycles. The molecule has 1 unspecified atom stereocenters. The first-order valence-electron chi connectivity index (χ1n) is 2.16. The van der Waals surface area contributed by atoms with Gasteiger partial charge >= 0.3 is 35.0 Å². The van der Waals surface area contributed by atoms with Crippen molar-refractivity contribution in [3.63, 3.8) is 0 Å². The SMILES string of the molecule is O.O.O.O=C(O)CC(O)C(=O)O.[MgH2]. The third-order valence-corrected chi connectivity index (χ3v) is 0.653. The van der Waals surface area contributed by atoms with E-state index < -0.39 is 24.5 Å².